The molecule has 1 aromatic carbocycles. The van der Waals surface area contributed by atoms with Gasteiger partial charge >= 0.3 is 0 Å². The molecular formula is C30H40Br2O2S2. The maximum atomic E-state index is 5.87. The Hall–Kier alpha value is -0.820. The summed E-state index contributed by atoms with van der Waals surface area (Å²) < 4.78 is 14.2. The van der Waals surface area contributed by atoms with Gasteiger partial charge in [-0.05, 0) is 81.8 Å². The van der Waals surface area contributed by atoms with Crippen LogP contribution in [0.3, 0.4) is 0 Å². The van der Waals surface area contributed by atoms with E-state index in [4.69, 9.17) is 9.47 Å². The molecule has 0 N–H and O–H groups in total. The molecule has 3 aromatic rings. The molecule has 0 aliphatic rings. The molecule has 198 valence electrons. The fraction of sp³-hybridized carbons (Fsp3) is 0.533. The summed E-state index contributed by atoms with van der Waals surface area (Å²) in [7, 11) is 3.54. The highest BCUT2D eigenvalue weighted by Gasteiger charge is 2.17. The number of methoxy groups -OCH3 is 2. The third-order valence-corrected chi connectivity index (χ3v) is 10.9. The fourth-order valence-corrected chi connectivity index (χ4v) is 8.37. The standard InChI is InChI=1S/C30H40Br2O2S2/c1-5-7-9-11-13-23-19-25(31)29(35-23)17-21-15-28(34-4)22(16-27(21)33-3)18-30-26(32)20-24(36-30)14-12-10-8-6-2/h15-16,19-20H,5-14,17-18H2,1-4H3. The third kappa shape index (κ3) is 8.61. The Morgan fingerprint density at radius 2 is 1.03 bits per heavy atom. The molecule has 0 fully saturated rings. The van der Waals surface area contributed by atoms with E-state index in [1.807, 2.05) is 22.7 Å². The van der Waals surface area contributed by atoms with Crippen molar-refractivity contribution in [1.82, 2.24) is 0 Å². The van der Waals surface area contributed by atoms with E-state index in [0.717, 1.165) is 24.3 Å². The number of rotatable bonds is 16. The minimum absolute atomic E-state index is 0.838. The van der Waals surface area contributed by atoms with Crippen LogP contribution in [0, 0.1) is 0 Å². The molecule has 3 rings (SSSR count). The first kappa shape index (κ1) is 29.7. The second-order valence-corrected chi connectivity index (χ2v) is 13.6. The van der Waals surface area contributed by atoms with E-state index in [0.29, 0.717) is 0 Å². The van der Waals surface area contributed by atoms with Gasteiger partial charge in [0.05, 0.1) is 14.2 Å². The van der Waals surface area contributed by atoms with Crippen LogP contribution in [0.15, 0.2) is 33.2 Å². The van der Waals surface area contributed by atoms with Crippen LogP contribution in [0.4, 0.5) is 0 Å². The third-order valence-electron chi connectivity index (χ3n) is 6.56. The van der Waals surface area contributed by atoms with E-state index in [1.165, 1.54) is 104 Å². The first-order valence-electron chi connectivity index (χ1n) is 13.3. The van der Waals surface area contributed by atoms with E-state index in [1.54, 1.807) is 14.2 Å². The van der Waals surface area contributed by atoms with Crippen molar-refractivity contribution in [3.63, 3.8) is 0 Å². The van der Waals surface area contributed by atoms with E-state index in [2.05, 4.69) is 70.0 Å². The smallest absolute Gasteiger partial charge is 0.122 e. The summed E-state index contributed by atoms with van der Waals surface area (Å²) in [6.45, 7) is 4.53. The summed E-state index contributed by atoms with van der Waals surface area (Å²) in [5, 5.41) is 0. The zero-order valence-electron chi connectivity index (χ0n) is 22.2. The number of hydrogen-bond acceptors (Lipinski definition) is 4. The highest BCUT2D eigenvalue weighted by molar-refractivity contribution is 9.10. The van der Waals surface area contributed by atoms with Crippen LogP contribution in [0.1, 0.15) is 95.8 Å². The second-order valence-electron chi connectivity index (χ2n) is 9.42. The number of thiophene rings is 2. The summed E-state index contributed by atoms with van der Waals surface area (Å²) in [5.41, 5.74) is 2.33. The van der Waals surface area contributed by atoms with Gasteiger partial charge in [-0.3, -0.25) is 0 Å². The molecule has 0 aliphatic carbocycles. The Balaban J connectivity index is 1.75. The van der Waals surface area contributed by atoms with E-state index in [9.17, 15) is 0 Å². The molecule has 0 saturated heterocycles. The number of unbranched alkanes of at least 4 members (excludes halogenated alkanes) is 6. The van der Waals surface area contributed by atoms with Crippen molar-refractivity contribution in [3.05, 3.63) is 63.8 Å². The Kier molecular flexibility index (Phi) is 12.8. The number of hydrogen-bond donors (Lipinski definition) is 0. The van der Waals surface area contributed by atoms with Crippen molar-refractivity contribution in [1.29, 1.82) is 0 Å². The number of ether oxygens (including phenoxy) is 2. The van der Waals surface area contributed by atoms with Crippen LogP contribution in [-0.4, -0.2) is 14.2 Å². The van der Waals surface area contributed by atoms with Gasteiger partial charge in [-0.25, -0.2) is 0 Å². The lowest BCUT2D eigenvalue weighted by Gasteiger charge is -2.15. The topological polar surface area (TPSA) is 18.5 Å². The highest BCUT2D eigenvalue weighted by Crippen LogP contribution is 2.38. The number of aryl methyl sites for hydroxylation is 2. The second kappa shape index (κ2) is 15.6. The van der Waals surface area contributed by atoms with Gasteiger partial charge in [0.15, 0.2) is 0 Å². The minimum Gasteiger partial charge on any atom is -0.496 e. The Morgan fingerprint density at radius 1 is 0.611 bits per heavy atom. The van der Waals surface area contributed by atoms with Crippen molar-refractivity contribution in [2.75, 3.05) is 14.2 Å². The Labute approximate surface area is 243 Å². The zero-order valence-corrected chi connectivity index (χ0v) is 27.0. The van der Waals surface area contributed by atoms with E-state index in [-0.39, 0.29) is 0 Å². The van der Waals surface area contributed by atoms with Gasteiger partial charge in [0.1, 0.15) is 11.5 Å². The number of halogens is 2. The molecule has 2 aromatic heterocycles. The lowest BCUT2D eigenvalue weighted by Crippen LogP contribution is -1.99. The zero-order chi connectivity index (χ0) is 25.9. The molecule has 0 aliphatic heterocycles. The molecule has 0 bridgehead atoms. The first-order chi connectivity index (χ1) is 17.5. The summed E-state index contributed by atoms with van der Waals surface area (Å²) in [6, 6.07) is 8.96. The minimum atomic E-state index is 0.838. The quantitative estimate of drug-likeness (QED) is 0.143. The van der Waals surface area contributed by atoms with Gasteiger partial charge in [0.2, 0.25) is 0 Å². The molecule has 2 nitrogen and oxygen atoms in total. The van der Waals surface area contributed by atoms with Gasteiger partial charge < -0.3 is 9.47 Å². The van der Waals surface area contributed by atoms with Crippen LogP contribution >= 0.6 is 54.5 Å². The maximum absolute atomic E-state index is 5.87. The predicted molar refractivity (Wildman–Crippen MR) is 165 cm³/mol. The average molecular weight is 657 g/mol. The summed E-state index contributed by atoms with van der Waals surface area (Å²) in [4.78, 5) is 5.62. The van der Waals surface area contributed by atoms with Crippen molar-refractivity contribution in [2.24, 2.45) is 0 Å². The van der Waals surface area contributed by atoms with Crippen LogP contribution in [-0.2, 0) is 25.7 Å². The highest BCUT2D eigenvalue weighted by atomic mass is 79.9. The lowest BCUT2D eigenvalue weighted by atomic mass is 10.0. The molecular weight excluding hydrogens is 616 g/mol. The normalized spacial score (nSPS) is 11.3. The average Bonchev–Trinajstić information content (AvgIpc) is 3.40. The van der Waals surface area contributed by atoms with Crippen molar-refractivity contribution in [2.45, 2.75) is 90.9 Å². The Bertz CT molecular complexity index is 1000. The van der Waals surface area contributed by atoms with Crippen molar-refractivity contribution in [3.8, 4) is 11.5 Å². The summed E-state index contributed by atoms with van der Waals surface area (Å²) in [6.07, 6.45) is 14.4. The van der Waals surface area contributed by atoms with Gasteiger partial charge in [0.25, 0.3) is 0 Å². The predicted octanol–water partition coefficient (Wildman–Crippen LogP) is 10.8. The van der Waals surface area contributed by atoms with Gasteiger partial charge in [-0.2, -0.15) is 0 Å². The van der Waals surface area contributed by atoms with Gasteiger partial charge in [-0.1, -0.05) is 52.4 Å². The first-order valence-corrected chi connectivity index (χ1v) is 16.5. The molecule has 6 heteroatoms. The van der Waals surface area contributed by atoms with Crippen molar-refractivity contribution < 1.29 is 9.47 Å². The SMILES string of the molecule is CCCCCCc1cc(Br)c(Cc2cc(OC)c(Cc3sc(CCCCCC)cc3Br)cc2OC)s1. The van der Waals surface area contributed by atoms with Crippen molar-refractivity contribution >= 4 is 54.5 Å². The summed E-state index contributed by atoms with van der Waals surface area (Å²) in [5.74, 6) is 1.87. The molecule has 36 heavy (non-hydrogen) atoms. The molecule has 2 heterocycles. The van der Waals surface area contributed by atoms with Gasteiger partial charge in [0, 0.05) is 52.4 Å². The molecule has 0 unspecified atom stereocenters. The van der Waals surface area contributed by atoms with Crippen LogP contribution in [0.25, 0.3) is 0 Å². The van der Waals surface area contributed by atoms with Gasteiger partial charge in [-0.15, -0.1) is 22.7 Å². The fourth-order valence-electron chi connectivity index (χ4n) is 4.50. The van der Waals surface area contributed by atoms with E-state index < -0.39 is 0 Å². The van der Waals surface area contributed by atoms with Crippen LogP contribution in [0.2, 0.25) is 0 Å². The van der Waals surface area contributed by atoms with Crippen LogP contribution in [0.5, 0.6) is 11.5 Å². The molecule has 0 spiro atoms. The summed E-state index contributed by atoms with van der Waals surface area (Å²) >= 11 is 11.5. The largest absolute Gasteiger partial charge is 0.496 e. The maximum Gasteiger partial charge on any atom is 0.122 e. The number of benzene rings is 1. The Morgan fingerprint density at radius 3 is 1.39 bits per heavy atom. The lowest BCUT2D eigenvalue weighted by molar-refractivity contribution is 0.396. The molecule has 0 atom stereocenters. The monoisotopic (exact) mass is 654 g/mol. The molecule has 0 saturated carbocycles. The van der Waals surface area contributed by atoms with E-state index >= 15 is 0 Å². The molecule has 0 amide bonds. The molecule has 0 radical (unpaired) electrons. The van der Waals surface area contributed by atoms with Crippen LogP contribution < -0.4 is 9.47 Å².